The van der Waals surface area contributed by atoms with Crippen LogP contribution in [0.1, 0.15) is 6.92 Å². The molecular weight excluding hydrogens is 116 g/mol. The predicted molar refractivity (Wildman–Crippen MR) is 36.1 cm³/mol. The van der Waals surface area contributed by atoms with E-state index < -0.39 is 5.60 Å². The first-order valence-electron chi connectivity index (χ1n) is 3.35. The lowest BCUT2D eigenvalue weighted by atomic mass is 9.95. The van der Waals surface area contributed by atoms with Crippen molar-refractivity contribution in [2.75, 3.05) is 26.2 Å². The maximum absolute atomic E-state index is 9.35. The molecule has 54 valence electrons. The fourth-order valence-electron chi connectivity index (χ4n) is 1.14. The molecule has 1 aliphatic rings. The van der Waals surface area contributed by atoms with Crippen LogP contribution in [-0.4, -0.2) is 41.8 Å². The van der Waals surface area contributed by atoms with Crippen LogP contribution in [0, 0.1) is 0 Å². The highest BCUT2D eigenvalue weighted by atomic mass is 16.3. The SMILES string of the molecule is CCN1CC(O)(CN)C1. The fourth-order valence-corrected chi connectivity index (χ4v) is 1.14. The summed E-state index contributed by atoms with van der Waals surface area (Å²) in [7, 11) is 0. The van der Waals surface area contributed by atoms with Crippen molar-refractivity contribution in [1.82, 2.24) is 4.90 Å². The van der Waals surface area contributed by atoms with Crippen molar-refractivity contribution in [2.45, 2.75) is 12.5 Å². The standard InChI is InChI=1S/C6H14N2O/c1-2-8-4-6(9,3-7)5-8/h9H,2-5,7H2,1H3. The predicted octanol–water partition coefficient (Wildman–Crippen LogP) is -0.988. The Hall–Kier alpha value is -0.120. The average molecular weight is 130 g/mol. The number of aliphatic hydroxyl groups is 1. The minimum Gasteiger partial charge on any atom is -0.386 e. The molecule has 0 aromatic heterocycles. The molecule has 9 heavy (non-hydrogen) atoms. The van der Waals surface area contributed by atoms with Crippen LogP contribution in [0.4, 0.5) is 0 Å². The topological polar surface area (TPSA) is 49.5 Å². The van der Waals surface area contributed by atoms with Crippen LogP contribution in [0.2, 0.25) is 0 Å². The maximum Gasteiger partial charge on any atom is 0.102 e. The second-order valence-electron chi connectivity index (χ2n) is 2.73. The number of hydrogen-bond acceptors (Lipinski definition) is 3. The second kappa shape index (κ2) is 2.25. The molecule has 1 rings (SSSR count). The van der Waals surface area contributed by atoms with Gasteiger partial charge in [-0.05, 0) is 6.54 Å². The third-order valence-electron chi connectivity index (χ3n) is 1.86. The summed E-state index contributed by atoms with van der Waals surface area (Å²) in [4.78, 5) is 2.16. The molecule has 1 heterocycles. The number of nitrogens with zero attached hydrogens (tertiary/aromatic N) is 1. The summed E-state index contributed by atoms with van der Waals surface area (Å²) in [6.07, 6.45) is 0. The molecule has 0 unspecified atom stereocenters. The van der Waals surface area contributed by atoms with E-state index in [1.165, 1.54) is 0 Å². The normalized spacial score (nSPS) is 25.7. The highest BCUT2D eigenvalue weighted by molar-refractivity contribution is 4.95. The van der Waals surface area contributed by atoms with Gasteiger partial charge in [0.15, 0.2) is 0 Å². The average Bonchev–Trinajstić information content (AvgIpc) is 1.81. The molecule has 0 aromatic rings. The third kappa shape index (κ3) is 1.23. The lowest BCUT2D eigenvalue weighted by Crippen LogP contribution is -2.64. The molecule has 0 aliphatic carbocycles. The van der Waals surface area contributed by atoms with Crippen molar-refractivity contribution in [3.05, 3.63) is 0 Å². The van der Waals surface area contributed by atoms with Crippen molar-refractivity contribution in [3.63, 3.8) is 0 Å². The molecule has 0 atom stereocenters. The number of β-amino-alcohol motifs (C(OH)–C–C–N with tert-alkyl or cyclic N) is 1. The smallest absolute Gasteiger partial charge is 0.102 e. The van der Waals surface area contributed by atoms with Gasteiger partial charge in [0.2, 0.25) is 0 Å². The first-order valence-corrected chi connectivity index (χ1v) is 3.35. The van der Waals surface area contributed by atoms with Gasteiger partial charge in [0.05, 0.1) is 0 Å². The van der Waals surface area contributed by atoms with Gasteiger partial charge in [0.1, 0.15) is 5.60 Å². The fraction of sp³-hybridized carbons (Fsp3) is 1.00. The largest absolute Gasteiger partial charge is 0.386 e. The number of likely N-dealkylation sites (tertiary alicyclic amines) is 1. The zero-order chi connectivity index (χ0) is 6.91. The molecule has 1 saturated heterocycles. The van der Waals surface area contributed by atoms with E-state index in [4.69, 9.17) is 5.73 Å². The van der Waals surface area contributed by atoms with Gasteiger partial charge in [0.25, 0.3) is 0 Å². The molecule has 0 spiro atoms. The summed E-state index contributed by atoms with van der Waals surface area (Å²) in [6, 6.07) is 0. The molecule has 0 radical (unpaired) electrons. The van der Waals surface area contributed by atoms with Crippen LogP contribution >= 0.6 is 0 Å². The lowest BCUT2D eigenvalue weighted by molar-refractivity contribution is -0.0874. The third-order valence-corrected chi connectivity index (χ3v) is 1.86. The van der Waals surface area contributed by atoms with Gasteiger partial charge in [-0.25, -0.2) is 0 Å². The maximum atomic E-state index is 9.35. The van der Waals surface area contributed by atoms with Gasteiger partial charge in [-0.1, -0.05) is 6.92 Å². The first kappa shape index (κ1) is 6.99. The molecular formula is C6H14N2O. The molecule has 1 fully saturated rings. The molecule has 3 heteroatoms. The molecule has 1 aliphatic heterocycles. The van der Waals surface area contributed by atoms with Gasteiger partial charge in [0, 0.05) is 19.6 Å². The van der Waals surface area contributed by atoms with Crippen molar-refractivity contribution in [3.8, 4) is 0 Å². The van der Waals surface area contributed by atoms with Crippen LogP contribution in [0.5, 0.6) is 0 Å². The van der Waals surface area contributed by atoms with Crippen molar-refractivity contribution >= 4 is 0 Å². The highest BCUT2D eigenvalue weighted by Crippen LogP contribution is 2.17. The van der Waals surface area contributed by atoms with E-state index in [1.807, 2.05) is 0 Å². The first-order chi connectivity index (χ1) is 4.20. The molecule has 0 aromatic carbocycles. The van der Waals surface area contributed by atoms with Gasteiger partial charge >= 0.3 is 0 Å². The minimum atomic E-state index is -0.560. The van der Waals surface area contributed by atoms with Crippen LogP contribution in [0.25, 0.3) is 0 Å². The van der Waals surface area contributed by atoms with Gasteiger partial charge < -0.3 is 10.8 Å². The van der Waals surface area contributed by atoms with E-state index in [1.54, 1.807) is 0 Å². The minimum absolute atomic E-state index is 0.392. The summed E-state index contributed by atoms with van der Waals surface area (Å²) in [5, 5.41) is 9.35. The van der Waals surface area contributed by atoms with Gasteiger partial charge in [-0.15, -0.1) is 0 Å². The van der Waals surface area contributed by atoms with Crippen LogP contribution in [-0.2, 0) is 0 Å². The Kier molecular flexibility index (Phi) is 1.75. The number of likely N-dealkylation sites (N-methyl/N-ethyl adjacent to an activating group) is 1. The highest BCUT2D eigenvalue weighted by Gasteiger charge is 2.38. The summed E-state index contributed by atoms with van der Waals surface area (Å²) >= 11 is 0. The lowest BCUT2D eigenvalue weighted by Gasteiger charge is -2.45. The number of rotatable bonds is 2. The Labute approximate surface area is 55.5 Å². The Bertz CT molecular complexity index is 99.2. The molecule has 3 N–H and O–H groups in total. The van der Waals surface area contributed by atoms with E-state index in [2.05, 4.69) is 11.8 Å². The van der Waals surface area contributed by atoms with Crippen molar-refractivity contribution in [1.29, 1.82) is 0 Å². The summed E-state index contributed by atoms with van der Waals surface area (Å²) < 4.78 is 0. The molecule has 3 nitrogen and oxygen atoms in total. The van der Waals surface area contributed by atoms with Crippen LogP contribution in [0.15, 0.2) is 0 Å². The summed E-state index contributed by atoms with van der Waals surface area (Å²) in [6.45, 7) is 4.99. The molecule has 0 amide bonds. The Balaban J connectivity index is 2.24. The van der Waals surface area contributed by atoms with Crippen LogP contribution in [0.3, 0.4) is 0 Å². The van der Waals surface area contributed by atoms with E-state index in [0.717, 1.165) is 19.6 Å². The van der Waals surface area contributed by atoms with E-state index in [0.29, 0.717) is 6.54 Å². The molecule has 0 bridgehead atoms. The Morgan fingerprint density at radius 3 is 2.56 bits per heavy atom. The second-order valence-corrected chi connectivity index (χ2v) is 2.73. The summed E-state index contributed by atoms with van der Waals surface area (Å²) in [5.74, 6) is 0. The zero-order valence-corrected chi connectivity index (χ0v) is 5.80. The quantitative estimate of drug-likeness (QED) is 0.504. The van der Waals surface area contributed by atoms with Gasteiger partial charge in [-0.3, -0.25) is 4.90 Å². The van der Waals surface area contributed by atoms with Gasteiger partial charge in [-0.2, -0.15) is 0 Å². The van der Waals surface area contributed by atoms with Crippen molar-refractivity contribution in [2.24, 2.45) is 5.73 Å². The Morgan fingerprint density at radius 2 is 2.22 bits per heavy atom. The van der Waals surface area contributed by atoms with E-state index >= 15 is 0 Å². The monoisotopic (exact) mass is 130 g/mol. The number of hydrogen-bond donors (Lipinski definition) is 2. The van der Waals surface area contributed by atoms with E-state index in [9.17, 15) is 5.11 Å². The van der Waals surface area contributed by atoms with Crippen molar-refractivity contribution < 1.29 is 5.11 Å². The van der Waals surface area contributed by atoms with Crippen LogP contribution < -0.4 is 5.73 Å². The zero-order valence-electron chi connectivity index (χ0n) is 5.80. The van der Waals surface area contributed by atoms with E-state index in [-0.39, 0.29) is 0 Å². The summed E-state index contributed by atoms with van der Waals surface area (Å²) in [5.41, 5.74) is 4.75. The number of nitrogens with two attached hydrogens (primary N) is 1. The molecule has 0 saturated carbocycles. The Morgan fingerprint density at radius 1 is 1.67 bits per heavy atom.